The molecule has 5 heteroatoms. The van der Waals surface area contributed by atoms with E-state index in [1.807, 2.05) is 24.6 Å². The Morgan fingerprint density at radius 3 is 2.83 bits per heavy atom. The van der Waals surface area contributed by atoms with Crippen molar-refractivity contribution in [2.24, 2.45) is 7.05 Å². The van der Waals surface area contributed by atoms with Gasteiger partial charge >= 0.3 is 0 Å². The summed E-state index contributed by atoms with van der Waals surface area (Å²) < 4.78 is 15.0. The van der Waals surface area contributed by atoms with E-state index in [1.54, 1.807) is 12.3 Å². The molecule has 0 aromatic carbocycles. The van der Waals surface area contributed by atoms with Crippen LogP contribution in [0.2, 0.25) is 0 Å². The van der Waals surface area contributed by atoms with Crippen LogP contribution in [-0.2, 0) is 7.05 Å². The monoisotopic (exact) mass is 242 g/mol. The molecule has 3 rings (SSSR count). The molecule has 0 bridgehead atoms. The van der Waals surface area contributed by atoms with Gasteiger partial charge in [-0.1, -0.05) is 0 Å². The Bertz CT molecular complexity index is 733. The summed E-state index contributed by atoms with van der Waals surface area (Å²) in [6, 6.07) is 5.06. The fraction of sp³-hybridized carbons (Fsp3) is 0.154. The number of imidazole rings is 1. The lowest BCUT2D eigenvalue weighted by atomic mass is 10.2. The lowest BCUT2D eigenvalue weighted by Gasteiger charge is -2.01. The predicted molar refractivity (Wildman–Crippen MR) is 66.4 cm³/mol. The van der Waals surface area contributed by atoms with Crippen LogP contribution in [0.4, 0.5) is 4.39 Å². The summed E-state index contributed by atoms with van der Waals surface area (Å²) in [6.07, 6.45) is 3.23. The molecule has 3 aromatic heterocycles. The molecule has 0 aliphatic heterocycles. The van der Waals surface area contributed by atoms with Crippen molar-refractivity contribution in [1.82, 2.24) is 19.5 Å². The van der Waals surface area contributed by atoms with Gasteiger partial charge in [-0.15, -0.1) is 0 Å². The number of hydrogen-bond donors (Lipinski definition) is 0. The molecule has 0 atom stereocenters. The number of rotatable bonds is 1. The van der Waals surface area contributed by atoms with Crippen LogP contribution in [0.3, 0.4) is 0 Å². The van der Waals surface area contributed by atoms with Gasteiger partial charge in [0.2, 0.25) is 5.95 Å². The van der Waals surface area contributed by atoms with Crippen LogP contribution in [0.1, 0.15) is 5.56 Å². The fourth-order valence-electron chi connectivity index (χ4n) is 1.98. The van der Waals surface area contributed by atoms with Gasteiger partial charge in [0.1, 0.15) is 11.3 Å². The third-order valence-electron chi connectivity index (χ3n) is 2.83. The Balaban J connectivity index is 2.27. The summed E-state index contributed by atoms with van der Waals surface area (Å²) in [7, 11) is 1.87. The Morgan fingerprint density at radius 2 is 2.06 bits per heavy atom. The van der Waals surface area contributed by atoms with Gasteiger partial charge in [0.15, 0.2) is 5.65 Å². The zero-order valence-electron chi connectivity index (χ0n) is 10.1. The maximum Gasteiger partial charge on any atom is 0.213 e. The maximum absolute atomic E-state index is 13.1. The maximum atomic E-state index is 13.1. The summed E-state index contributed by atoms with van der Waals surface area (Å²) in [5.41, 5.74) is 3.34. The first kappa shape index (κ1) is 10.8. The largest absolute Gasteiger partial charge is 0.312 e. The van der Waals surface area contributed by atoms with Crippen molar-refractivity contribution in [3.63, 3.8) is 0 Å². The molecule has 3 heterocycles. The molecule has 0 aliphatic carbocycles. The van der Waals surface area contributed by atoms with Crippen molar-refractivity contribution in [2.75, 3.05) is 0 Å². The van der Waals surface area contributed by atoms with Crippen LogP contribution in [0.5, 0.6) is 0 Å². The van der Waals surface area contributed by atoms with E-state index in [0.29, 0.717) is 11.4 Å². The molecule has 90 valence electrons. The highest BCUT2D eigenvalue weighted by Gasteiger charge is 2.11. The first-order valence-corrected chi connectivity index (χ1v) is 5.56. The SMILES string of the molecule is Cc1cnc2c(c1)nc(-c1ccnc(F)c1)n2C. The van der Waals surface area contributed by atoms with Crippen molar-refractivity contribution >= 4 is 11.2 Å². The Kier molecular flexibility index (Phi) is 2.33. The molecular formula is C13H11FN4. The number of pyridine rings is 2. The third-order valence-corrected chi connectivity index (χ3v) is 2.83. The topological polar surface area (TPSA) is 43.6 Å². The number of fused-ring (bicyclic) bond motifs is 1. The van der Waals surface area contributed by atoms with Gasteiger partial charge in [-0.25, -0.2) is 15.0 Å². The van der Waals surface area contributed by atoms with Crippen LogP contribution < -0.4 is 0 Å². The van der Waals surface area contributed by atoms with Gasteiger partial charge < -0.3 is 4.57 Å². The van der Waals surface area contributed by atoms with Crippen LogP contribution in [-0.4, -0.2) is 19.5 Å². The normalized spacial score (nSPS) is 11.1. The minimum atomic E-state index is -0.510. The Hall–Kier alpha value is -2.30. The van der Waals surface area contributed by atoms with Crippen molar-refractivity contribution < 1.29 is 4.39 Å². The average Bonchev–Trinajstić information content (AvgIpc) is 2.66. The molecule has 0 saturated carbocycles. The lowest BCUT2D eigenvalue weighted by Crippen LogP contribution is -1.94. The van der Waals surface area contributed by atoms with Gasteiger partial charge in [-0.2, -0.15) is 4.39 Å². The standard InChI is InChI=1S/C13H11FN4/c1-8-5-10-13(16-7-8)18(2)12(17-10)9-3-4-15-11(14)6-9/h3-7H,1-2H3. The molecule has 4 nitrogen and oxygen atoms in total. The zero-order valence-corrected chi connectivity index (χ0v) is 10.1. The van der Waals surface area contributed by atoms with E-state index in [2.05, 4.69) is 15.0 Å². The van der Waals surface area contributed by atoms with Crippen LogP contribution in [0.15, 0.2) is 30.6 Å². The van der Waals surface area contributed by atoms with Crippen LogP contribution in [0, 0.1) is 12.9 Å². The second-order valence-corrected chi connectivity index (χ2v) is 4.22. The molecule has 0 unspecified atom stereocenters. The minimum absolute atomic E-state index is 0.510. The van der Waals surface area contributed by atoms with E-state index in [9.17, 15) is 4.39 Å². The summed E-state index contributed by atoms with van der Waals surface area (Å²) >= 11 is 0. The number of hydrogen-bond acceptors (Lipinski definition) is 3. The van der Waals surface area contributed by atoms with Gasteiger partial charge in [0, 0.05) is 31.1 Å². The predicted octanol–water partition coefficient (Wildman–Crippen LogP) is 2.48. The summed E-state index contributed by atoms with van der Waals surface area (Å²) in [5, 5.41) is 0. The van der Waals surface area contributed by atoms with E-state index >= 15 is 0 Å². The molecule has 0 fully saturated rings. The van der Waals surface area contributed by atoms with Gasteiger partial charge in [-0.05, 0) is 24.6 Å². The minimum Gasteiger partial charge on any atom is -0.312 e. The van der Waals surface area contributed by atoms with Crippen LogP contribution >= 0.6 is 0 Å². The first-order chi connectivity index (χ1) is 8.65. The number of aromatic nitrogens is 4. The van der Waals surface area contributed by atoms with Gasteiger partial charge in [-0.3, -0.25) is 0 Å². The van der Waals surface area contributed by atoms with Gasteiger partial charge in [0.05, 0.1) is 0 Å². The summed E-state index contributed by atoms with van der Waals surface area (Å²) in [6.45, 7) is 1.97. The Morgan fingerprint density at radius 1 is 1.22 bits per heavy atom. The molecule has 0 saturated heterocycles. The quantitative estimate of drug-likeness (QED) is 0.616. The van der Waals surface area contributed by atoms with E-state index in [4.69, 9.17) is 0 Å². The van der Waals surface area contributed by atoms with Crippen molar-refractivity contribution in [3.8, 4) is 11.4 Å². The zero-order chi connectivity index (χ0) is 12.7. The van der Waals surface area contributed by atoms with Crippen molar-refractivity contribution in [2.45, 2.75) is 6.92 Å². The van der Waals surface area contributed by atoms with E-state index in [-0.39, 0.29) is 0 Å². The highest BCUT2D eigenvalue weighted by molar-refractivity contribution is 5.77. The molecule has 3 aromatic rings. The summed E-state index contributed by atoms with van der Waals surface area (Å²) in [4.78, 5) is 12.4. The fourth-order valence-corrected chi connectivity index (χ4v) is 1.98. The molecule has 0 spiro atoms. The Labute approximate surface area is 103 Å². The molecule has 18 heavy (non-hydrogen) atoms. The molecule has 0 radical (unpaired) electrons. The molecule has 0 N–H and O–H groups in total. The number of halogens is 1. The highest BCUT2D eigenvalue weighted by Crippen LogP contribution is 2.22. The lowest BCUT2D eigenvalue weighted by molar-refractivity contribution is 0.584. The average molecular weight is 242 g/mol. The van der Waals surface area contributed by atoms with E-state index < -0.39 is 5.95 Å². The number of aryl methyl sites for hydroxylation is 2. The number of nitrogens with zero attached hydrogens (tertiary/aromatic N) is 4. The van der Waals surface area contributed by atoms with Crippen LogP contribution in [0.25, 0.3) is 22.6 Å². The third kappa shape index (κ3) is 1.64. The molecular weight excluding hydrogens is 231 g/mol. The van der Waals surface area contributed by atoms with Crippen molar-refractivity contribution in [3.05, 3.63) is 42.1 Å². The smallest absolute Gasteiger partial charge is 0.213 e. The molecule has 0 amide bonds. The summed E-state index contributed by atoms with van der Waals surface area (Å²) in [5.74, 6) is 0.174. The van der Waals surface area contributed by atoms with Gasteiger partial charge in [0.25, 0.3) is 0 Å². The molecule has 0 aliphatic rings. The second kappa shape index (κ2) is 3.87. The first-order valence-electron chi connectivity index (χ1n) is 5.56. The van der Waals surface area contributed by atoms with E-state index in [0.717, 1.165) is 16.7 Å². The highest BCUT2D eigenvalue weighted by atomic mass is 19.1. The second-order valence-electron chi connectivity index (χ2n) is 4.22. The van der Waals surface area contributed by atoms with E-state index in [1.165, 1.54) is 12.3 Å². The van der Waals surface area contributed by atoms with Crippen molar-refractivity contribution in [1.29, 1.82) is 0 Å².